The molecule has 0 radical (unpaired) electrons. The molecule has 2 aromatic carbocycles. The van der Waals surface area contributed by atoms with Crippen LogP contribution >= 0.6 is 23.2 Å². The van der Waals surface area contributed by atoms with Crippen LogP contribution in [0.5, 0.6) is 0 Å². The number of carbonyl (C=O) groups is 2. The highest BCUT2D eigenvalue weighted by Gasteiger charge is 2.45. The van der Waals surface area contributed by atoms with Gasteiger partial charge < -0.3 is 14.7 Å². The van der Waals surface area contributed by atoms with Crippen molar-refractivity contribution in [1.29, 1.82) is 0 Å². The highest BCUT2D eigenvalue weighted by atomic mass is 35.5. The van der Waals surface area contributed by atoms with Crippen molar-refractivity contribution in [3.05, 3.63) is 75.3 Å². The number of amides is 1. The van der Waals surface area contributed by atoms with Crippen molar-refractivity contribution >= 4 is 40.7 Å². The molecule has 0 unspecified atom stereocenters. The third-order valence-electron chi connectivity index (χ3n) is 5.82. The first-order valence-electron chi connectivity index (χ1n) is 10.6. The number of hydrogen-bond donors (Lipinski definition) is 1. The van der Waals surface area contributed by atoms with Gasteiger partial charge in [-0.05, 0) is 24.1 Å². The van der Waals surface area contributed by atoms with E-state index in [2.05, 4.69) is 4.90 Å². The number of likely N-dealkylation sites (tertiary alicyclic amines) is 1. The number of benzene rings is 2. The van der Waals surface area contributed by atoms with Crippen LogP contribution in [0.25, 0.3) is 5.76 Å². The Bertz CT molecular complexity index is 1040. The van der Waals surface area contributed by atoms with Crippen molar-refractivity contribution in [2.45, 2.75) is 12.5 Å². The first kappa shape index (κ1) is 22.8. The van der Waals surface area contributed by atoms with E-state index in [1.807, 2.05) is 6.07 Å². The number of rotatable bonds is 6. The summed E-state index contributed by atoms with van der Waals surface area (Å²) in [5.41, 5.74) is 1.16. The predicted octanol–water partition coefficient (Wildman–Crippen LogP) is 4.14. The van der Waals surface area contributed by atoms with Crippen LogP contribution in [0.15, 0.2) is 54.1 Å². The number of ether oxygens (including phenoxy) is 1. The van der Waals surface area contributed by atoms with E-state index in [1.165, 1.54) is 4.90 Å². The molecular weight excluding hydrogens is 451 g/mol. The lowest BCUT2D eigenvalue weighted by Gasteiger charge is -2.29. The minimum absolute atomic E-state index is 0.0611. The van der Waals surface area contributed by atoms with Gasteiger partial charge in [-0.25, -0.2) is 0 Å². The van der Waals surface area contributed by atoms with Gasteiger partial charge >= 0.3 is 0 Å². The van der Waals surface area contributed by atoms with Crippen LogP contribution in [0.3, 0.4) is 0 Å². The maximum atomic E-state index is 13.0. The normalized spacial score (nSPS) is 21.3. The van der Waals surface area contributed by atoms with Crippen LogP contribution in [0.4, 0.5) is 0 Å². The molecule has 1 N–H and O–H groups in total. The molecule has 1 amide bonds. The van der Waals surface area contributed by atoms with Gasteiger partial charge in [-0.2, -0.15) is 0 Å². The fourth-order valence-electron chi connectivity index (χ4n) is 4.18. The Morgan fingerprint density at radius 1 is 1.00 bits per heavy atom. The number of aliphatic hydroxyl groups is 1. The molecule has 0 aliphatic carbocycles. The number of Topliss-reactive ketones (excluding diaryl/α,β-unsaturated/α-hetero) is 1. The van der Waals surface area contributed by atoms with Gasteiger partial charge in [0.15, 0.2) is 0 Å². The summed E-state index contributed by atoms with van der Waals surface area (Å²) < 4.78 is 5.38. The Balaban J connectivity index is 1.68. The zero-order valence-corrected chi connectivity index (χ0v) is 19.0. The zero-order chi connectivity index (χ0) is 22.7. The lowest BCUT2D eigenvalue weighted by molar-refractivity contribution is -0.140. The van der Waals surface area contributed by atoms with Gasteiger partial charge in [-0.3, -0.25) is 14.5 Å². The minimum Gasteiger partial charge on any atom is -0.507 e. The third kappa shape index (κ3) is 4.69. The van der Waals surface area contributed by atoms with Crippen molar-refractivity contribution in [3.63, 3.8) is 0 Å². The molecule has 168 valence electrons. The summed E-state index contributed by atoms with van der Waals surface area (Å²) in [6.07, 6.45) is 0.691. The van der Waals surface area contributed by atoms with Gasteiger partial charge in [-0.1, -0.05) is 59.6 Å². The molecule has 2 fully saturated rings. The lowest BCUT2D eigenvalue weighted by Crippen LogP contribution is -2.38. The van der Waals surface area contributed by atoms with Crippen molar-refractivity contribution in [2.75, 3.05) is 39.4 Å². The average Bonchev–Trinajstić information content (AvgIpc) is 3.07. The van der Waals surface area contributed by atoms with Gasteiger partial charge in [0.2, 0.25) is 0 Å². The fourth-order valence-corrected chi connectivity index (χ4v) is 4.49. The molecule has 32 heavy (non-hydrogen) atoms. The second kappa shape index (κ2) is 10.0. The SMILES string of the molecule is O=C1C(=O)N(CCCN2CCOCC2)[C@H](c2ccc(Cl)c(Cl)c2)C1=C(O)c1ccccc1. The Morgan fingerprint density at radius 2 is 1.72 bits per heavy atom. The molecule has 8 heteroatoms. The summed E-state index contributed by atoms with van der Waals surface area (Å²) in [4.78, 5) is 29.8. The third-order valence-corrected chi connectivity index (χ3v) is 6.56. The molecule has 2 aromatic rings. The van der Waals surface area contributed by atoms with Crippen LogP contribution in [0, 0.1) is 0 Å². The van der Waals surface area contributed by atoms with Crippen LogP contribution in [-0.4, -0.2) is 66.0 Å². The van der Waals surface area contributed by atoms with E-state index in [-0.39, 0.29) is 11.3 Å². The standard InChI is InChI=1S/C24H24Cl2N2O4/c25-18-8-7-17(15-19(18)26)21-20(22(29)16-5-2-1-3-6-16)23(30)24(31)28(21)10-4-9-27-11-13-32-14-12-27/h1-3,5-8,15,21,29H,4,9-14H2/t21-/m1/s1. The van der Waals surface area contributed by atoms with E-state index in [0.29, 0.717) is 47.4 Å². The van der Waals surface area contributed by atoms with Gasteiger partial charge in [0.1, 0.15) is 5.76 Å². The van der Waals surface area contributed by atoms with Crippen molar-refractivity contribution in [1.82, 2.24) is 9.80 Å². The molecule has 4 rings (SSSR count). The Morgan fingerprint density at radius 3 is 2.41 bits per heavy atom. The summed E-state index contributed by atoms with van der Waals surface area (Å²) >= 11 is 12.3. The summed E-state index contributed by atoms with van der Waals surface area (Å²) in [6, 6.07) is 13.0. The Labute approximate surface area is 197 Å². The van der Waals surface area contributed by atoms with Gasteiger partial charge in [0.25, 0.3) is 11.7 Å². The highest BCUT2D eigenvalue weighted by Crippen LogP contribution is 2.40. The van der Waals surface area contributed by atoms with E-state index >= 15 is 0 Å². The molecular formula is C24H24Cl2N2O4. The molecule has 6 nitrogen and oxygen atoms in total. The lowest BCUT2D eigenvalue weighted by atomic mass is 9.95. The molecule has 2 aliphatic rings. The van der Waals surface area contributed by atoms with Crippen LogP contribution in [-0.2, 0) is 14.3 Å². The minimum atomic E-state index is -0.741. The van der Waals surface area contributed by atoms with Crippen LogP contribution in [0.2, 0.25) is 10.0 Å². The first-order valence-corrected chi connectivity index (χ1v) is 11.3. The molecule has 0 spiro atoms. The Hall–Kier alpha value is -2.38. The highest BCUT2D eigenvalue weighted by molar-refractivity contribution is 6.46. The monoisotopic (exact) mass is 474 g/mol. The number of ketones is 1. The second-order valence-corrected chi connectivity index (χ2v) is 8.65. The predicted molar refractivity (Wildman–Crippen MR) is 124 cm³/mol. The summed E-state index contributed by atoms with van der Waals surface area (Å²) in [5.74, 6) is -1.52. The largest absolute Gasteiger partial charge is 0.507 e. The number of carbonyl (C=O) groups excluding carboxylic acids is 2. The van der Waals surface area contributed by atoms with E-state index < -0.39 is 17.7 Å². The van der Waals surface area contributed by atoms with Crippen LogP contribution in [0.1, 0.15) is 23.6 Å². The zero-order valence-electron chi connectivity index (χ0n) is 17.5. The smallest absolute Gasteiger partial charge is 0.295 e. The van der Waals surface area contributed by atoms with Crippen molar-refractivity contribution in [2.24, 2.45) is 0 Å². The summed E-state index contributed by atoms with van der Waals surface area (Å²) in [7, 11) is 0. The van der Waals surface area contributed by atoms with E-state index in [9.17, 15) is 14.7 Å². The summed E-state index contributed by atoms with van der Waals surface area (Å²) in [5, 5.41) is 11.7. The van der Waals surface area contributed by atoms with Crippen molar-refractivity contribution < 1.29 is 19.4 Å². The molecule has 2 heterocycles. The second-order valence-electron chi connectivity index (χ2n) is 7.84. The van der Waals surface area contributed by atoms with Gasteiger partial charge in [0, 0.05) is 31.7 Å². The topological polar surface area (TPSA) is 70.1 Å². The average molecular weight is 475 g/mol. The van der Waals surface area contributed by atoms with Crippen LogP contribution < -0.4 is 0 Å². The number of halogens is 2. The number of nitrogens with zero attached hydrogens (tertiary/aromatic N) is 2. The first-order chi connectivity index (χ1) is 15.5. The Kier molecular flexibility index (Phi) is 7.16. The van der Waals surface area contributed by atoms with Crippen molar-refractivity contribution in [3.8, 4) is 0 Å². The molecule has 2 saturated heterocycles. The maximum absolute atomic E-state index is 13.0. The number of aliphatic hydroxyl groups excluding tert-OH is 1. The van der Waals surface area contributed by atoms with E-state index in [0.717, 1.165) is 19.6 Å². The molecule has 0 aromatic heterocycles. The molecule has 0 saturated carbocycles. The molecule has 2 aliphatic heterocycles. The van der Waals surface area contributed by atoms with Gasteiger partial charge in [0.05, 0.1) is 34.9 Å². The molecule has 0 bridgehead atoms. The van der Waals surface area contributed by atoms with E-state index in [1.54, 1.807) is 42.5 Å². The van der Waals surface area contributed by atoms with E-state index in [4.69, 9.17) is 27.9 Å². The fraction of sp³-hybridized carbons (Fsp3) is 0.333. The molecule has 1 atom stereocenters. The maximum Gasteiger partial charge on any atom is 0.295 e. The summed E-state index contributed by atoms with van der Waals surface area (Å²) in [6.45, 7) is 4.26. The quantitative estimate of drug-likeness (QED) is 0.387. The number of hydrogen-bond acceptors (Lipinski definition) is 5. The van der Waals surface area contributed by atoms with Gasteiger partial charge in [-0.15, -0.1) is 0 Å². The number of morpholine rings is 1.